The van der Waals surface area contributed by atoms with E-state index < -0.39 is 0 Å². The minimum atomic E-state index is -0.174. The summed E-state index contributed by atoms with van der Waals surface area (Å²) in [5, 5.41) is 2.75. The smallest absolute Gasteiger partial charge is 0.216 e. The van der Waals surface area contributed by atoms with Gasteiger partial charge in [0.25, 0.3) is 0 Å². The van der Waals surface area contributed by atoms with Crippen molar-refractivity contribution in [2.45, 2.75) is 19.6 Å². The molecule has 1 aliphatic rings. The number of carbonyl (C=O) groups is 1. The van der Waals surface area contributed by atoms with Gasteiger partial charge >= 0.3 is 0 Å². The van der Waals surface area contributed by atoms with Crippen molar-refractivity contribution in [2.75, 3.05) is 26.2 Å². The molecule has 1 aromatic carbocycles. The summed E-state index contributed by atoms with van der Waals surface area (Å²) in [5.74, 6) is -0.234. The van der Waals surface area contributed by atoms with Crippen LogP contribution in [-0.2, 0) is 16.1 Å². The van der Waals surface area contributed by atoms with Gasteiger partial charge in [-0.2, -0.15) is 0 Å². The fraction of sp³-hybridized carbons (Fsp3) is 0.500. The summed E-state index contributed by atoms with van der Waals surface area (Å²) in [7, 11) is 0. The van der Waals surface area contributed by atoms with Crippen molar-refractivity contribution in [3.05, 3.63) is 35.6 Å². The Morgan fingerprint density at radius 3 is 3.05 bits per heavy atom. The standard InChI is InChI=1S/C14H19FN2O2/c1-11(18)16-8-13-10-17(6-7-19-13)9-12-4-2-3-5-14(12)15/h2-5,13H,6-10H2,1H3,(H,16,18). The lowest BCUT2D eigenvalue weighted by Gasteiger charge is -2.33. The summed E-state index contributed by atoms with van der Waals surface area (Å²) in [6, 6.07) is 6.81. The molecule has 1 fully saturated rings. The lowest BCUT2D eigenvalue weighted by molar-refractivity contribution is -0.120. The van der Waals surface area contributed by atoms with Gasteiger partial charge in [-0.1, -0.05) is 18.2 Å². The van der Waals surface area contributed by atoms with Crippen molar-refractivity contribution in [2.24, 2.45) is 0 Å². The number of hydrogen-bond donors (Lipinski definition) is 1. The average molecular weight is 266 g/mol. The predicted molar refractivity (Wildman–Crippen MR) is 70.1 cm³/mol. The number of carbonyl (C=O) groups excluding carboxylic acids is 1. The number of nitrogens with one attached hydrogen (secondary N) is 1. The van der Waals surface area contributed by atoms with E-state index in [1.165, 1.54) is 13.0 Å². The Labute approximate surface area is 112 Å². The normalized spacial score (nSPS) is 20.2. The zero-order valence-electron chi connectivity index (χ0n) is 11.1. The number of halogens is 1. The van der Waals surface area contributed by atoms with E-state index in [9.17, 15) is 9.18 Å². The lowest BCUT2D eigenvalue weighted by atomic mass is 10.1. The van der Waals surface area contributed by atoms with Gasteiger partial charge in [-0.15, -0.1) is 0 Å². The van der Waals surface area contributed by atoms with E-state index in [0.29, 0.717) is 31.8 Å². The lowest BCUT2D eigenvalue weighted by Crippen LogP contribution is -2.46. The van der Waals surface area contributed by atoms with E-state index in [0.717, 1.165) is 6.54 Å². The third-order valence-corrected chi connectivity index (χ3v) is 3.15. The third-order valence-electron chi connectivity index (χ3n) is 3.15. The SMILES string of the molecule is CC(=O)NCC1CN(Cc2ccccc2F)CCO1. The van der Waals surface area contributed by atoms with Crippen LogP contribution in [-0.4, -0.2) is 43.2 Å². The molecule has 1 aromatic rings. The zero-order valence-corrected chi connectivity index (χ0v) is 11.1. The first kappa shape index (κ1) is 14.0. The molecule has 1 atom stereocenters. The summed E-state index contributed by atoms with van der Waals surface area (Å²) in [4.78, 5) is 13.0. The van der Waals surface area contributed by atoms with Crippen molar-refractivity contribution >= 4 is 5.91 Å². The molecule has 0 aliphatic carbocycles. The Balaban J connectivity index is 1.87. The average Bonchev–Trinajstić information content (AvgIpc) is 2.40. The highest BCUT2D eigenvalue weighted by atomic mass is 19.1. The van der Waals surface area contributed by atoms with Crippen LogP contribution >= 0.6 is 0 Å². The maximum atomic E-state index is 13.6. The number of hydrogen-bond acceptors (Lipinski definition) is 3. The molecule has 0 bridgehead atoms. The second-order valence-corrected chi connectivity index (χ2v) is 4.76. The molecule has 1 unspecified atom stereocenters. The van der Waals surface area contributed by atoms with E-state index in [4.69, 9.17) is 4.74 Å². The number of amides is 1. The fourth-order valence-electron chi connectivity index (χ4n) is 2.17. The van der Waals surface area contributed by atoms with Gasteiger partial charge in [0.1, 0.15) is 5.82 Å². The highest BCUT2D eigenvalue weighted by molar-refractivity contribution is 5.72. The first-order chi connectivity index (χ1) is 9.15. The van der Waals surface area contributed by atoms with E-state index >= 15 is 0 Å². The maximum Gasteiger partial charge on any atom is 0.216 e. The summed E-state index contributed by atoms with van der Waals surface area (Å²) >= 11 is 0. The number of benzene rings is 1. The molecule has 1 aliphatic heterocycles. The molecule has 1 saturated heterocycles. The predicted octanol–water partition coefficient (Wildman–Crippen LogP) is 1.16. The molecule has 4 nitrogen and oxygen atoms in total. The number of rotatable bonds is 4. The third kappa shape index (κ3) is 4.29. The summed E-state index contributed by atoms with van der Waals surface area (Å²) in [5.41, 5.74) is 0.697. The molecular weight excluding hydrogens is 247 g/mol. The van der Waals surface area contributed by atoms with Gasteiger partial charge in [-0.05, 0) is 6.07 Å². The molecule has 5 heteroatoms. The fourth-order valence-corrected chi connectivity index (χ4v) is 2.17. The quantitative estimate of drug-likeness (QED) is 0.889. The topological polar surface area (TPSA) is 41.6 Å². The molecular formula is C14H19FN2O2. The van der Waals surface area contributed by atoms with Gasteiger partial charge in [-0.3, -0.25) is 9.69 Å². The van der Waals surface area contributed by atoms with Gasteiger partial charge in [-0.25, -0.2) is 4.39 Å². The van der Waals surface area contributed by atoms with Crippen LogP contribution in [0, 0.1) is 5.82 Å². The van der Waals surface area contributed by atoms with E-state index in [-0.39, 0.29) is 17.8 Å². The van der Waals surface area contributed by atoms with Crippen LogP contribution in [0.2, 0.25) is 0 Å². The molecule has 19 heavy (non-hydrogen) atoms. The molecule has 2 rings (SSSR count). The second kappa shape index (κ2) is 6.63. The minimum absolute atomic E-state index is 0.0237. The van der Waals surface area contributed by atoms with Crippen LogP contribution in [0.3, 0.4) is 0 Å². The Morgan fingerprint density at radius 2 is 2.32 bits per heavy atom. The minimum Gasteiger partial charge on any atom is -0.374 e. The van der Waals surface area contributed by atoms with Gasteiger partial charge in [0.15, 0.2) is 0 Å². The highest BCUT2D eigenvalue weighted by Gasteiger charge is 2.21. The van der Waals surface area contributed by atoms with Crippen LogP contribution in [0.5, 0.6) is 0 Å². The van der Waals surface area contributed by atoms with Crippen LogP contribution in [0.15, 0.2) is 24.3 Å². The zero-order chi connectivity index (χ0) is 13.7. The largest absolute Gasteiger partial charge is 0.374 e. The Morgan fingerprint density at radius 1 is 1.53 bits per heavy atom. The maximum absolute atomic E-state index is 13.6. The summed E-state index contributed by atoms with van der Waals surface area (Å²) in [6.45, 7) is 4.66. The first-order valence-electron chi connectivity index (χ1n) is 6.47. The van der Waals surface area contributed by atoms with Crippen LogP contribution in [0.4, 0.5) is 4.39 Å². The molecule has 1 N–H and O–H groups in total. The van der Waals surface area contributed by atoms with Crippen molar-refractivity contribution in [1.29, 1.82) is 0 Å². The Hall–Kier alpha value is -1.46. The van der Waals surface area contributed by atoms with E-state index in [2.05, 4.69) is 10.2 Å². The molecule has 0 radical (unpaired) electrons. The second-order valence-electron chi connectivity index (χ2n) is 4.76. The number of morpholine rings is 1. The van der Waals surface area contributed by atoms with Gasteiger partial charge in [0.2, 0.25) is 5.91 Å². The molecule has 1 amide bonds. The number of nitrogens with zero attached hydrogens (tertiary/aromatic N) is 1. The van der Waals surface area contributed by atoms with Crippen LogP contribution in [0.1, 0.15) is 12.5 Å². The van der Waals surface area contributed by atoms with E-state index in [1.807, 2.05) is 6.07 Å². The Kier molecular flexibility index (Phi) is 4.87. The van der Waals surface area contributed by atoms with Gasteiger partial charge < -0.3 is 10.1 Å². The Bertz CT molecular complexity index is 439. The monoisotopic (exact) mass is 266 g/mol. The van der Waals surface area contributed by atoms with Gasteiger partial charge in [0, 0.05) is 38.7 Å². The molecule has 0 aromatic heterocycles. The van der Waals surface area contributed by atoms with Crippen molar-refractivity contribution < 1.29 is 13.9 Å². The van der Waals surface area contributed by atoms with Crippen LogP contribution in [0.25, 0.3) is 0 Å². The van der Waals surface area contributed by atoms with Gasteiger partial charge in [0.05, 0.1) is 12.7 Å². The highest BCUT2D eigenvalue weighted by Crippen LogP contribution is 2.13. The van der Waals surface area contributed by atoms with E-state index in [1.54, 1.807) is 12.1 Å². The summed E-state index contributed by atoms with van der Waals surface area (Å²) < 4.78 is 19.2. The molecule has 0 spiro atoms. The molecule has 104 valence electrons. The number of ether oxygens (including phenoxy) is 1. The van der Waals surface area contributed by atoms with Crippen LogP contribution < -0.4 is 5.32 Å². The summed E-state index contributed by atoms with van der Waals surface area (Å²) in [6.07, 6.45) is -0.0237. The molecule has 1 heterocycles. The van der Waals surface area contributed by atoms with Crippen molar-refractivity contribution in [3.63, 3.8) is 0 Å². The molecule has 0 saturated carbocycles. The first-order valence-corrected chi connectivity index (χ1v) is 6.47. The van der Waals surface area contributed by atoms with Crippen molar-refractivity contribution in [1.82, 2.24) is 10.2 Å². The van der Waals surface area contributed by atoms with Crippen molar-refractivity contribution in [3.8, 4) is 0 Å².